The highest BCUT2D eigenvalue weighted by Gasteiger charge is 2.24. The largest absolute Gasteiger partial charge is 0.486 e. The van der Waals surface area contributed by atoms with Crippen molar-refractivity contribution >= 4 is 29.9 Å². The van der Waals surface area contributed by atoms with E-state index < -0.39 is 0 Å². The molecule has 2 aliphatic heterocycles. The fourth-order valence-electron chi connectivity index (χ4n) is 3.44. The molecule has 0 saturated carbocycles. The highest BCUT2D eigenvalue weighted by molar-refractivity contribution is 14.0. The van der Waals surface area contributed by atoms with Crippen LogP contribution in [0.1, 0.15) is 20.8 Å². The SMILES string of the molecule is CCNC(=NCC(C)N1CCOCC1C)NCC1COc2ccccc2O1.I. The van der Waals surface area contributed by atoms with Crippen molar-refractivity contribution in [3.8, 4) is 11.5 Å². The van der Waals surface area contributed by atoms with Crippen molar-refractivity contribution in [3.63, 3.8) is 0 Å². The van der Waals surface area contributed by atoms with Crippen LogP contribution in [0.15, 0.2) is 29.3 Å². The molecule has 3 unspecified atom stereocenters. The average molecular weight is 504 g/mol. The summed E-state index contributed by atoms with van der Waals surface area (Å²) in [5.41, 5.74) is 0. The number of hydrogen-bond donors (Lipinski definition) is 2. The number of nitrogens with zero attached hydrogens (tertiary/aromatic N) is 2. The lowest BCUT2D eigenvalue weighted by molar-refractivity contribution is -0.0165. The van der Waals surface area contributed by atoms with E-state index in [0.29, 0.717) is 25.2 Å². The van der Waals surface area contributed by atoms with Crippen molar-refractivity contribution in [3.05, 3.63) is 24.3 Å². The minimum absolute atomic E-state index is 0. The number of guanidine groups is 1. The lowest BCUT2D eigenvalue weighted by Gasteiger charge is -2.37. The zero-order valence-corrected chi connectivity index (χ0v) is 19.3. The van der Waals surface area contributed by atoms with Gasteiger partial charge in [0.05, 0.1) is 26.3 Å². The molecule has 3 atom stereocenters. The van der Waals surface area contributed by atoms with Crippen molar-refractivity contribution in [1.29, 1.82) is 0 Å². The van der Waals surface area contributed by atoms with E-state index in [2.05, 4.69) is 36.3 Å². The van der Waals surface area contributed by atoms with E-state index in [9.17, 15) is 0 Å². The third-order valence-electron chi connectivity index (χ3n) is 4.91. The molecule has 0 aliphatic carbocycles. The second-order valence-electron chi connectivity index (χ2n) is 7.11. The number of fused-ring (bicyclic) bond motifs is 1. The van der Waals surface area contributed by atoms with Crippen LogP contribution in [-0.4, -0.2) is 75.0 Å². The van der Waals surface area contributed by atoms with Crippen LogP contribution >= 0.6 is 24.0 Å². The Morgan fingerprint density at radius 1 is 1.25 bits per heavy atom. The van der Waals surface area contributed by atoms with Crippen molar-refractivity contribution in [2.24, 2.45) is 4.99 Å². The molecule has 0 amide bonds. The van der Waals surface area contributed by atoms with Crippen molar-refractivity contribution in [2.45, 2.75) is 39.0 Å². The van der Waals surface area contributed by atoms with Crippen LogP contribution in [0.25, 0.3) is 0 Å². The molecular formula is C20H33IN4O3. The van der Waals surface area contributed by atoms with Crippen LogP contribution in [0.4, 0.5) is 0 Å². The molecule has 2 heterocycles. The van der Waals surface area contributed by atoms with Gasteiger partial charge in [-0.3, -0.25) is 9.89 Å². The molecule has 158 valence electrons. The summed E-state index contributed by atoms with van der Waals surface area (Å²) in [4.78, 5) is 7.23. The Morgan fingerprint density at radius 3 is 2.79 bits per heavy atom. The van der Waals surface area contributed by atoms with Gasteiger partial charge in [-0.1, -0.05) is 12.1 Å². The molecule has 2 N–H and O–H groups in total. The van der Waals surface area contributed by atoms with Gasteiger partial charge in [0.1, 0.15) is 12.7 Å². The number of para-hydroxylation sites is 2. The Kier molecular flexibility index (Phi) is 9.60. The van der Waals surface area contributed by atoms with Crippen molar-refractivity contribution < 1.29 is 14.2 Å². The second kappa shape index (κ2) is 11.7. The zero-order chi connectivity index (χ0) is 19.1. The van der Waals surface area contributed by atoms with E-state index in [1.54, 1.807) is 0 Å². The summed E-state index contributed by atoms with van der Waals surface area (Å²) in [6.45, 7) is 11.8. The Morgan fingerprint density at radius 2 is 2.04 bits per heavy atom. The summed E-state index contributed by atoms with van der Waals surface area (Å²) in [5.74, 6) is 2.42. The normalized spacial score (nSPS) is 23.5. The Balaban J connectivity index is 0.00000280. The summed E-state index contributed by atoms with van der Waals surface area (Å²) in [6.07, 6.45) is -0.0413. The number of nitrogens with one attached hydrogen (secondary N) is 2. The van der Waals surface area contributed by atoms with Crippen LogP contribution in [0.3, 0.4) is 0 Å². The van der Waals surface area contributed by atoms with E-state index >= 15 is 0 Å². The first-order chi connectivity index (χ1) is 13.2. The van der Waals surface area contributed by atoms with Crippen molar-refractivity contribution in [2.75, 3.05) is 46.0 Å². The minimum Gasteiger partial charge on any atom is -0.486 e. The first-order valence-electron chi connectivity index (χ1n) is 9.91. The number of aliphatic imine (C=N–C) groups is 1. The molecule has 1 fully saturated rings. The van der Waals surface area contributed by atoms with Gasteiger partial charge in [0.15, 0.2) is 17.5 Å². The molecule has 0 spiro atoms. The van der Waals surface area contributed by atoms with Crippen LogP contribution in [0.5, 0.6) is 11.5 Å². The lowest BCUT2D eigenvalue weighted by atomic mass is 10.2. The molecule has 0 bridgehead atoms. The summed E-state index contributed by atoms with van der Waals surface area (Å²) < 4.78 is 17.3. The Labute approximate surface area is 185 Å². The van der Waals surface area contributed by atoms with Gasteiger partial charge in [-0.15, -0.1) is 24.0 Å². The molecule has 1 saturated heterocycles. The number of hydrogen-bond acceptors (Lipinski definition) is 5. The lowest BCUT2D eigenvalue weighted by Crippen LogP contribution is -2.50. The van der Waals surface area contributed by atoms with E-state index in [1.807, 2.05) is 24.3 Å². The summed E-state index contributed by atoms with van der Waals surface area (Å²) in [7, 11) is 0. The monoisotopic (exact) mass is 504 g/mol. The summed E-state index contributed by atoms with van der Waals surface area (Å²) >= 11 is 0. The van der Waals surface area contributed by atoms with Gasteiger partial charge in [-0.2, -0.15) is 0 Å². The van der Waals surface area contributed by atoms with Crippen LogP contribution < -0.4 is 20.1 Å². The molecule has 1 aromatic carbocycles. The average Bonchev–Trinajstić information content (AvgIpc) is 2.70. The molecular weight excluding hydrogens is 471 g/mol. The molecule has 2 aliphatic rings. The van der Waals surface area contributed by atoms with Gasteiger partial charge in [0, 0.05) is 25.2 Å². The predicted molar refractivity (Wildman–Crippen MR) is 122 cm³/mol. The maximum atomic E-state index is 6.00. The first-order valence-corrected chi connectivity index (χ1v) is 9.91. The molecule has 3 rings (SSSR count). The fraction of sp³-hybridized carbons (Fsp3) is 0.650. The summed E-state index contributed by atoms with van der Waals surface area (Å²) in [5, 5.41) is 6.69. The van der Waals surface area contributed by atoms with Gasteiger partial charge in [-0.25, -0.2) is 0 Å². The van der Waals surface area contributed by atoms with Gasteiger partial charge in [0.2, 0.25) is 0 Å². The minimum atomic E-state index is -0.0413. The van der Waals surface area contributed by atoms with Gasteiger partial charge in [0.25, 0.3) is 0 Å². The standard InChI is InChI=1S/C20H32N4O3.HI/c1-4-21-20(22-11-15(2)24-9-10-25-13-16(24)3)23-12-17-14-26-18-7-5-6-8-19(18)27-17;/h5-8,15-17H,4,9-14H2,1-3H3,(H2,21,22,23);1H. The van der Waals surface area contributed by atoms with Gasteiger partial charge < -0.3 is 24.8 Å². The zero-order valence-electron chi connectivity index (χ0n) is 17.0. The topological polar surface area (TPSA) is 67.4 Å². The van der Waals surface area contributed by atoms with E-state index in [1.165, 1.54) is 0 Å². The number of morpholine rings is 1. The van der Waals surface area contributed by atoms with Gasteiger partial charge in [-0.05, 0) is 32.9 Å². The van der Waals surface area contributed by atoms with E-state index in [0.717, 1.165) is 50.3 Å². The molecule has 1 aromatic rings. The Hall–Kier alpha value is -1.26. The van der Waals surface area contributed by atoms with Crippen LogP contribution in [-0.2, 0) is 4.74 Å². The highest BCUT2D eigenvalue weighted by Crippen LogP contribution is 2.30. The maximum absolute atomic E-state index is 6.00. The second-order valence-corrected chi connectivity index (χ2v) is 7.11. The molecule has 0 aromatic heterocycles. The molecule has 8 heteroatoms. The first kappa shape index (κ1) is 23.0. The molecule has 0 radical (unpaired) electrons. The van der Waals surface area contributed by atoms with Crippen molar-refractivity contribution in [1.82, 2.24) is 15.5 Å². The highest BCUT2D eigenvalue weighted by atomic mass is 127. The summed E-state index contributed by atoms with van der Waals surface area (Å²) in [6, 6.07) is 8.59. The Bertz CT molecular complexity index is 631. The van der Waals surface area contributed by atoms with E-state index in [-0.39, 0.29) is 30.1 Å². The maximum Gasteiger partial charge on any atom is 0.191 e. The number of rotatable bonds is 6. The molecule has 7 nitrogen and oxygen atoms in total. The third-order valence-corrected chi connectivity index (χ3v) is 4.91. The number of ether oxygens (including phenoxy) is 3. The number of halogens is 1. The quantitative estimate of drug-likeness (QED) is 0.352. The van der Waals surface area contributed by atoms with Gasteiger partial charge >= 0.3 is 0 Å². The smallest absolute Gasteiger partial charge is 0.191 e. The predicted octanol–water partition coefficient (Wildman–Crippen LogP) is 2.11. The van der Waals surface area contributed by atoms with Crippen LogP contribution in [0, 0.1) is 0 Å². The van der Waals surface area contributed by atoms with Crippen LogP contribution in [0.2, 0.25) is 0 Å². The fourth-order valence-corrected chi connectivity index (χ4v) is 3.44. The molecule has 28 heavy (non-hydrogen) atoms. The number of benzene rings is 1. The third kappa shape index (κ3) is 6.38. The van der Waals surface area contributed by atoms with E-state index in [4.69, 9.17) is 19.2 Å².